The Labute approximate surface area is 76.0 Å². The fourth-order valence-corrected chi connectivity index (χ4v) is 1.87. The zero-order valence-electron chi connectivity index (χ0n) is 7.50. The summed E-state index contributed by atoms with van der Waals surface area (Å²) in [4.78, 5) is 10.7. The molecule has 0 aliphatic heterocycles. The molecule has 13 heavy (non-hydrogen) atoms. The minimum absolute atomic E-state index is 0.241. The van der Waals surface area contributed by atoms with Gasteiger partial charge >= 0.3 is 5.97 Å². The Kier molecular flexibility index (Phi) is 1.83. The number of hydrogen-bond donors (Lipinski definition) is 2. The molecule has 0 fully saturated rings. The highest BCUT2D eigenvalue weighted by Gasteiger charge is 2.26. The van der Waals surface area contributed by atoms with Crippen LogP contribution in [0.25, 0.3) is 0 Å². The summed E-state index contributed by atoms with van der Waals surface area (Å²) >= 11 is 0. The molecule has 4 nitrogen and oxygen atoms in total. The number of carbonyl (C=O) groups is 1. The van der Waals surface area contributed by atoms with Gasteiger partial charge in [0.2, 0.25) is 0 Å². The van der Waals surface area contributed by atoms with Crippen LogP contribution >= 0.6 is 0 Å². The van der Waals surface area contributed by atoms with E-state index in [0.29, 0.717) is 6.42 Å². The normalized spacial score (nSPS) is 21.2. The van der Waals surface area contributed by atoms with Crippen molar-refractivity contribution >= 4 is 5.97 Å². The van der Waals surface area contributed by atoms with E-state index in [0.717, 1.165) is 24.2 Å². The number of aryl methyl sites for hydroxylation is 1. The third kappa shape index (κ3) is 1.32. The van der Waals surface area contributed by atoms with Crippen LogP contribution in [0.3, 0.4) is 0 Å². The lowest BCUT2D eigenvalue weighted by molar-refractivity contribution is -0.142. The standard InChI is InChI=1S/C9H12N2O2/c1-5-7-3-2-6(9(12)13)4-8(7)11-10-5/h6H,2-4H2,1H3,(H,10,11)(H,12,13)/t6-/m0/s1. The number of rotatable bonds is 1. The van der Waals surface area contributed by atoms with Crippen molar-refractivity contribution in [1.29, 1.82) is 0 Å². The quantitative estimate of drug-likeness (QED) is 0.675. The molecule has 70 valence electrons. The zero-order valence-corrected chi connectivity index (χ0v) is 7.50. The maximum atomic E-state index is 10.7. The summed E-state index contributed by atoms with van der Waals surface area (Å²) < 4.78 is 0. The van der Waals surface area contributed by atoms with Crippen molar-refractivity contribution in [3.63, 3.8) is 0 Å². The Morgan fingerprint density at radius 2 is 2.46 bits per heavy atom. The first-order chi connectivity index (χ1) is 6.18. The summed E-state index contributed by atoms with van der Waals surface area (Å²) in [6.07, 6.45) is 2.16. The number of H-pyrrole nitrogens is 1. The molecular weight excluding hydrogens is 168 g/mol. The van der Waals surface area contributed by atoms with Gasteiger partial charge in [-0.1, -0.05) is 0 Å². The van der Waals surface area contributed by atoms with Gasteiger partial charge in [0.25, 0.3) is 0 Å². The number of aliphatic carboxylic acids is 1. The van der Waals surface area contributed by atoms with Gasteiger partial charge < -0.3 is 5.11 Å². The maximum absolute atomic E-state index is 10.7. The molecule has 1 aromatic heterocycles. The molecule has 1 aliphatic carbocycles. The lowest BCUT2D eigenvalue weighted by atomic mass is 9.87. The number of aromatic amines is 1. The molecule has 0 amide bonds. The number of hydrogen-bond acceptors (Lipinski definition) is 2. The number of carboxylic acid groups (broad SMARTS) is 1. The Balaban J connectivity index is 2.25. The summed E-state index contributed by atoms with van der Waals surface area (Å²) in [5, 5.41) is 15.8. The molecule has 0 spiro atoms. The van der Waals surface area contributed by atoms with Crippen molar-refractivity contribution in [2.24, 2.45) is 5.92 Å². The molecule has 1 heterocycles. The van der Waals surface area contributed by atoms with Crippen molar-refractivity contribution in [3.8, 4) is 0 Å². The van der Waals surface area contributed by atoms with Crippen molar-refractivity contribution in [2.75, 3.05) is 0 Å². The van der Waals surface area contributed by atoms with Gasteiger partial charge in [0.15, 0.2) is 0 Å². The van der Waals surface area contributed by atoms with E-state index in [1.807, 2.05) is 6.92 Å². The number of carboxylic acids is 1. The second kappa shape index (κ2) is 2.87. The van der Waals surface area contributed by atoms with E-state index in [2.05, 4.69) is 10.2 Å². The number of fused-ring (bicyclic) bond motifs is 1. The Morgan fingerprint density at radius 3 is 3.15 bits per heavy atom. The third-order valence-electron chi connectivity index (χ3n) is 2.69. The first-order valence-electron chi connectivity index (χ1n) is 4.44. The first-order valence-corrected chi connectivity index (χ1v) is 4.44. The van der Waals surface area contributed by atoms with Crippen LogP contribution in [-0.4, -0.2) is 21.3 Å². The van der Waals surface area contributed by atoms with E-state index in [-0.39, 0.29) is 5.92 Å². The van der Waals surface area contributed by atoms with E-state index >= 15 is 0 Å². The monoisotopic (exact) mass is 180 g/mol. The Hall–Kier alpha value is -1.32. The van der Waals surface area contributed by atoms with Crippen LogP contribution in [0.15, 0.2) is 0 Å². The third-order valence-corrected chi connectivity index (χ3v) is 2.69. The SMILES string of the molecule is Cc1[nH]nc2c1CC[C@H](C(=O)O)C2. The molecule has 0 radical (unpaired) electrons. The van der Waals surface area contributed by atoms with E-state index in [4.69, 9.17) is 5.11 Å². The smallest absolute Gasteiger partial charge is 0.306 e. The highest BCUT2D eigenvalue weighted by Crippen LogP contribution is 2.25. The van der Waals surface area contributed by atoms with Crippen LogP contribution in [-0.2, 0) is 17.6 Å². The summed E-state index contributed by atoms with van der Waals surface area (Å²) in [5.74, 6) is -0.943. The lowest BCUT2D eigenvalue weighted by Crippen LogP contribution is -2.22. The minimum Gasteiger partial charge on any atom is -0.481 e. The molecule has 2 N–H and O–H groups in total. The maximum Gasteiger partial charge on any atom is 0.306 e. The van der Waals surface area contributed by atoms with Gasteiger partial charge in [0, 0.05) is 12.1 Å². The molecule has 2 rings (SSSR count). The highest BCUT2D eigenvalue weighted by atomic mass is 16.4. The van der Waals surface area contributed by atoms with Crippen LogP contribution in [0.1, 0.15) is 23.4 Å². The van der Waals surface area contributed by atoms with Crippen LogP contribution in [0.4, 0.5) is 0 Å². The van der Waals surface area contributed by atoms with Gasteiger partial charge in [0.1, 0.15) is 0 Å². The van der Waals surface area contributed by atoms with Gasteiger partial charge in [-0.25, -0.2) is 0 Å². The molecule has 0 bridgehead atoms. The minimum atomic E-state index is -0.702. The molecule has 4 heteroatoms. The van der Waals surface area contributed by atoms with Crippen LogP contribution < -0.4 is 0 Å². The number of aromatic nitrogens is 2. The van der Waals surface area contributed by atoms with Crippen molar-refractivity contribution in [1.82, 2.24) is 10.2 Å². The van der Waals surface area contributed by atoms with E-state index in [9.17, 15) is 4.79 Å². The summed E-state index contributed by atoms with van der Waals surface area (Å²) in [7, 11) is 0. The van der Waals surface area contributed by atoms with Crippen LogP contribution in [0.2, 0.25) is 0 Å². The average molecular weight is 180 g/mol. The van der Waals surface area contributed by atoms with Gasteiger partial charge in [-0.15, -0.1) is 0 Å². The predicted molar refractivity (Wildman–Crippen MR) is 46.5 cm³/mol. The van der Waals surface area contributed by atoms with Gasteiger partial charge in [-0.3, -0.25) is 9.89 Å². The molecular formula is C9H12N2O2. The lowest BCUT2D eigenvalue weighted by Gasteiger charge is -2.17. The van der Waals surface area contributed by atoms with E-state index < -0.39 is 5.97 Å². The van der Waals surface area contributed by atoms with E-state index in [1.165, 1.54) is 5.56 Å². The van der Waals surface area contributed by atoms with Gasteiger partial charge in [-0.05, 0) is 25.3 Å². The highest BCUT2D eigenvalue weighted by molar-refractivity contribution is 5.70. The van der Waals surface area contributed by atoms with Crippen molar-refractivity contribution in [3.05, 3.63) is 17.0 Å². The zero-order chi connectivity index (χ0) is 9.42. The summed E-state index contributed by atoms with van der Waals surface area (Å²) in [6, 6.07) is 0. The summed E-state index contributed by atoms with van der Waals surface area (Å²) in [5.41, 5.74) is 3.24. The molecule has 0 unspecified atom stereocenters. The molecule has 1 atom stereocenters. The van der Waals surface area contributed by atoms with Crippen molar-refractivity contribution < 1.29 is 9.90 Å². The molecule has 0 saturated carbocycles. The second-order valence-electron chi connectivity index (χ2n) is 3.55. The van der Waals surface area contributed by atoms with Gasteiger partial charge in [0.05, 0.1) is 11.6 Å². The Morgan fingerprint density at radius 1 is 1.69 bits per heavy atom. The predicted octanol–water partition coefficient (Wildman–Crippen LogP) is 0.908. The average Bonchev–Trinajstić information content (AvgIpc) is 2.47. The first kappa shape index (κ1) is 8.29. The Bertz CT molecular complexity index is 343. The van der Waals surface area contributed by atoms with Crippen LogP contribution in [0, 0.1) is 12.8 Å². The fourth-order valence-electron chi connectivity index (χ4n) is 1.87. The second-order valence-corrected chi connectivity index (χ2v) is 3.55. The topological polar surface area (TPSA) is 66.0 Å². The molecule has 1 aromatic rings. The van der Waals surface area contributed by atoms with Crippen molar-refractivity contribution in [2.45, 2.75) is 26.2 Å². The number of nitrogens with zero attached hydrogens (tertiary/aromatic N) is 1. The fraction of sp³-hybridized carbons (Fsp3) is 0.556. The largest absolute Gasteiger partial charge is 0.481 e. The number of nitrogens with one attached hydrogen (secondary N) is 1. The molecule has 1 aliphatic rings. The van der Waals surface area contributed by atoms with E-state index in [1.54, 1.807) is 0 Å². The molecule has 0 saturated heterocycles. The van der Waals surface area contributed by atoms with Gasteiger partial charge in [-0.2, -0.15) is 5.10 Å². The van der Waals surface area contributed by atoms with Crippen LogP contribution in [0.5, 0.6) is 0 Å². The summed E-state index contributed by atoms with van der Waals surface area (Å²) in [6.45, 7) is 1.98. The molecule has 0 aromatic carbocycles.